The van der Waals surface area contributed by atoms with Crippen LogP contribution in [0, 0.1) is 0 Å². The molecule has 1 aliphatic carbocycles. The van der Waals surface area contributed by atoms with Crippen LogP contribution in [0.5, 0.6) is 0 Å². The highest BCUT2D eigenvalue weighted by molar-refractivity contribution is 7.91. The molecule has 2 N–H and O–H groups in total. The summed E-state index contributed by atoms with van der Waals surface area (Å²) in [6.45, 7) is 3.96. The molecule has 0 saturated heterocycles. The number of hydrogen-bond acceptors (Lipinski definition) is 5. The molecule has 23 heavy (non-hydrogen) atoms. The Morgan fingerprint density at radius 2 is 2.22 bits per heavy atom. The van der Waals surface area contributed by atoms with Gasteiger partial charge in [-0.1, -0.05) is 12.5 Å². The summed E-state index contributed by atoms with van der Waals surface area (Å²) >= 11 is 0. The van der Waals surface area contributed by atoms with Crippen molar-refractivity contribution in [2.24, 2.45) is 0 Å². The second-order valence-electron chi connectivity index (χ2n) is 5.89. The summed E-state index contributed by atoms with van der Waals surface area (Å²) in [5.41, 5.74) is 0.482. The van der Waals surface area contributed by atoms with Crippen molar-refractivity contribution >= 4 is 21.6 Å². The van der Waals surface area contributed by atoms with Crippen molar-refractivity contribution in [3.05, 3.63) is 36.5 Å². The van der Waals surface area contributed by atoms with Gasteiger partial charge < -0.3 is 10.6 Å². The van der Waals surface area contributed by atoms with Crippen LogP contribution in [-0.4, -0.2) is 43.4 Å². The number of hydrogen-bond donors (Lipinski definition) is 2. The molecule has 7 heteroatoms. The zero-order chi connectivity index (χ0) is 16.9. The average molecular weight is 337 g/mol. The van der Waals surface area contributed by atoms with Gasteiger partial charge in [0.2, 0.25) is 0 Å². The lowest BCUT2D eigenvalue weighted by Gasteiger charge is -2.29. The molecule has 1 aromatic heterocycles. The minimum atomic E-state index is -3.00. The number of pyridine rings is 1. The minimum Gasteiger partial charge on any atom is -0.367 e. The van der Waals surface area contributed by atoms with Crippen LogP contribution >= 0.6 is 0 Å². The Labute approximate surface area is 137 Å². The Hall–Kier alpha value is -1.89. The maximum absolute atomic E-state index is 11.8. The summed E-state index contributed by atoms with van der Waals surface area (Å²) < 4.78 is 23.4. The molecule has 1 aromatic rings. The maximum atomic E-state index is 11.8. The van der Waals surface area contributed by atoms with Crippen molar-refractivity contribution in [3.8, 4) is 0 Å². The van der Waals surface area contributed by atoms with Gasteiger partial charge in [-0.3, -0.25) is 4.79 Å². The molecule has 0 aromatic carbocycles. The van der Waals surface area contributed by atoms with Crippen molar-refractivity contribution in [2.45, 2.75) is 37.0 Å². The number of carbonyl (C=O) groups excluding carboxylic acids is 1. The van der Waals surface area contributed by atoms with Gasteiger partial charge in [-0.25, -0.2) is 13.4 Å². The number of nitrogens with one attached hydrogen (secondary N) is 2. The van der Waals surface area contributed by atoms with E-state index in [4.69, 9.17) is 0 Å². The first-order valence-corrected chi connectivity index (χ1v) is 9.66. The van der Waals surface area contributed by atoms with Crippen LogP contribution in [0.2, 0.25) is 0 Å². The standard InChI is InChI=1S/C16H23N3O3S/c1-3-9-17-16(20)12-7-8-15(18-11-12)19-13-5-4-6-14(10-13)23(2,21)22/h3,7-8,11,13-14H,1,4-6,9-10H2,2H3,(H,17,20)(H,18,19). The number of sulfone groups is 1. The number of anilines is 1. The largest absolute Gasteiger partial charge is 0.367 e. The molecular formula is C16H23N3O3S. The highest BCUT2D eigenvalue weighted by atomic mass is 32.2. The number of rotatable bonds is 6. The van der Waals surface area contributed by atoms with E-state index in [0.29, 0.717) is 24.3 Å². The number of nitrogens with zero attached hydrogens (tertiary/aromatic N) is 1. The van der Waals surface area contributed by atoms with Crippen molar-refractivity contribution in [2.75, 3.05) is 18.1 Å². The van der Waals surface area contributed by atoms with Gasteiger partial charge in [0.15, 0.2) is 0 Å². The van der Waals surface area contributed by atoms with Crippen LogP contribution < -0.4 is 10.6 Å². The fourth-order valence-electron chi connectivity index (χ4n) is 2.75. The molecule has 1 aliphatic rings. The second kappa shape index (κ2) is 7.59. The van der Waals surface area contributed by atoms with Crippen LogP contribution in [0.15, 0.2) is 31.0 Å². The van der Waals surface area contributed by atoms with E-state index in [1.807, 2.05) is 0 Å². The van der Waals surface area contributed by atoms with E-state index in [1.54, 1.807) is 18.2 Å². The monoisotopic (exact) mass is 337 g/mol. The molecule has 1 heterocycles. The predicted octanol–water partition coefficient (Wildman–Crippen LogP) is 1.77. The molecule has 2 atom stereocenters. The molecule has 2 unspecified atom stereocenters. The smallest absolute Gasteiger partial charge is 0.253 e. The summed E-state index contributed by atoms with van der Waals surface area (Å²) in [4.78, 5) is 16.0. The second-order valence-corrected chi connectivity index (χ2v) is 8.22. The number of carbonyl (C=O) groups is 1. The van der Waals surface area contributed by atoms with Gasteiger partial charge in [0, 0.05) is 25.0 Å². The lowest BCUT2D eigenvalue weighted by Crippen LogP contribution is -2.34. The van der Waals surface area contributed by atoms with Crippen LogP contribution in [0.25, 0.3) is 0 Å². The Bertz CT molecular complexity index is 656. The molecular weight excluding hydrogens is 314 g/mol. The quantitative estimate of drug-likeness (QED) is 0.772. The number of amides is 1. The van der Waals surface area contributed by atoms with Crippen LogP contribution in [0.1, 0.15) is 36.0 Å². The molecule has 1 amide bonds. The van der Waals surface area contributed by atoms with Gasteiger partial charge in [0.25, 0.3) is 5.91 Å². The summed E-state index contributed by atoms with van der Waals surface area (Å²) in [6.07, 6.45) is 7.57. The van der Waals surface area contributed by atoms with Gasteiger partial charge in [-0.15, -0.1) is 6.58 Å². The highest BCUT2D eigenvalue weighted by Crippen LogP contribution is 2.25. The zero-order valence-electron chi connectivity index (χ0n) is 13.3. The average Bonchev–Trinajstić information content (AvgIpc) is 2.53. The maximum Gasteiger partial charge on any atom is 0.253 e. The van der Waals surface area contributed by atoms with E-state index in [9.17, 15) is 13.2 Å². The summed E-state index contributed by atoms with van der Waals surface area (Å²) in [5.74, 6) is 0.461. The first-order chi connectivity index (χ1) is 10.9. The normalized spacial score (nSPS) is 21.4. The Balaban J connectivity index is 1.95. The van der Waals surface area contributed by atoms with E-state index in [-0.39, 0.29) is 17.2 Å². The van der Waals surface area contributed by atoms with Crippen molar-refractivity contribution in [3.63, 3.8) is 0 Å². The Morgan fingerprint density at radius 3 is 2.83 bits per heavy atom. The van der Waals surface area contributed by atoms with Gasteiger partial charge in [0.1, 0.15) is 15.7 Å². The molecule has 2 rings (SSSR count). The van der Waals surface area contributed by atoms with Crippen LogP contribution in [-0.2, 0) is 9.84 Å². The summed E-state index contributed by atoms with van der Waals surface area (Å²) in [6, 6.07) is 3.54. The molecule has 0 radical (unpaired) electrons. The van der Waals surface area contributed by atoms with E-state index in [0.717, 1.165) is 19.3 Å². The van der Waals surface area contributed by atoms with Crippen molar-refractivity contribution in [1.82, 2.24) is 10.3 Å². The SMILES string of the molecule is C=CCNC(=O)c1ccc(NC2CCCC(S(C)(=O)=O)C2)nc1. The summed E-state index contributed by atoms with van der Waals surface area (Å²) in [5, 5.41) is 5.68. The lowest BCUT2D eigenvalue weighted by atomic mass is 9.95. The molecule has 0 aliphatic heterocycles. The first kappa shape index (κ1) is 17.5. The third-order valence-corrected chi connectivity index (χ3v) is 5.66. The third kappa shape index (κ3) is 5.06. The summed E-state index contributed by atoms with van der Waals surface area (Å²) in [7, 11) is -3.00. The molecule has 126 valence electrons. The topological polar surface area (TPSA) is 88.2 Å². The van der Waals surface area contributed by atoms with E-state index in [2.05, 4.69) is 22.2 Å². The van der Waals surface area contributed by atoms with Gasteiger partial charge in [-0.2, -0.15) is 0 Å². The van der Waals surface area contributed by atoms with Gasteiger partial charge in [0.05, 0.1) is 10.8 Å². The first-order valence-electron chi connectivity index (χ1n) is 7.70. The molecule has 1 saturated carbocycles. The van der Waals surface area contributed by atoms with E-state index in [1.165, 1.54) is 12.5 Å². The fourth-order valence-corrected chi connectivity index (χ4v) is 3.93. The lowest BCUT2D eigenvalue weighted by molar-refractivity contribution is 0.0957. The van der Waals surface area contributed by atoms with E-state index >= 15 is 0 Å². The molecule has 0 spiro atoms. The molecule has 1 fully saturated rings. The Morgan fingerprint density at radius 1 is 1.43 bits per heavy atom. The van der Waals surface area contributed by atoms with Gasteiger partial charge in [-0.05, 0) is 31.4 Å². The van der Waals surface area contributed by atoms with Crippen LogP contribution in [0.3, 0.4) is 0 Å². The molecule has 0 bridgehead atoms. The minimum absolute atomic E-state index is 0.0939. The Kier molecular flexibility index (Phi) is 5.76. The van der Waals surface area contributed by atoms with Crippen LogP contribution in [0.4, 0.5) is 5.82 Å². The highest BCUT2D eigenvalue weighted by Gasteiger charge is 2.28. The molecule has 6 nitrogen and oxygen atoms in total. The van der Waals surface area contributed by atoms with Crippen molar-refractivity contribution in [1.29, 1.82) is 0 Å². The zero-order valence-corrected chi connectivity index (χ0v) is 14.1. The number of aromatic nitrogens is 1. The van der Waals surface area contributed by atoms with Gasteiger partial charge >= 0.3 is 0 Å². The fraction of sp³-hybridized carbons (Fsp3) is 0.500. The predicted molar refractivity (Wildman–Crippen MR) is 91.3 cm³/mol. The van der Waals surface area contributed by atoms with Crippen molar-refractivity contribution < 1.29 is 13.2 Å². The third-order valence-electron chi connectivity index (χ3n) is 4.02. The van der Waals surface area contributed by atoms with E-state index < -0.39 is 9.84 Å².